The lowest BCUT2D eigenvalue weighted by atomic mass is 9.41. The highest BCUT2D eigenvalue weighted by molar-refractivity contribution is 5.66. The number of carbonyl (C=O) groups is 1. The highest BCUT2D eigenvalue weighted by Gasteiger charge is 2.64. The lowest BCUT2D eigenvalue weighted by Gasteiger charge is -2.64. The van der Waals surface area contributed by atoms with Gasteiger partial charge in [-0.2, -0.15) is 0 Å². The van der Waals surface area contributed by atoms with E-state index < -0.39 is 5.97 Å². The van der Waals surface area contributed by atoms with Crippen LogP contribution in [0.5, 0.6) is 0 Å². The van der Waals surface area contributed by atoms with Crippen molar-refractivity contribution in [2.75, 3.05) is 0 Å². The normalized spacial score (nSPS) is 51.5. The Morgan fingerprint density at radius 2 is 1.67 bits per heavy atom. The highest BCUT2D eigenvalue weighted by atomic mass is 16.4. The monoisotopic (exact) mass is 420 g/mol. The molecular weight excluding hydrogens is 376 g/mol. The van der Waals surface area contributed by atoms with E-state index in [1.54, 1.807) is 0 Å². The summed E-state index contributed by atoms with van der Waals surface area (Å²) in [5, 5.41) is 31.3. The number of rotatable bonds is 5. The molecule has 172 valence electrons. The fraction of sp³-hybridized carbons (Fsp3) is 0.962. The van der Waals surface area contributed by atoms with E-state index in [1.165, 1.54) is 25.7 Å². The molecule has 0 amide bonds. The van der Waals surface area contributed by atoms with Crippen molar-refractivity contribution >= 4 is 5.97 Å². The topological polar surface area (TPSA) is 77.8 Å². The van der Waals surface area contributed by atoms with E-state index in [0.717, 1.165) is 32.1 Å². The van der Waals surface area contributed by atoms with Gasteiger partial charge >= 0.3 is 5.97 Å². The minimum absolute atomic E-state index is 0.194. The summed E-state index contributed by atoms with van der Waals surface area (Å²) in [5.41, 5.74) is 0.480. The molecule has 2 unspecified atom stereocenters. The first kappa shape index (κ1) is 22.6. The van der Waals surface area contributed by atoms with Crippen LogP contribution in [0.25, 0.3) is 0 Å². The molecule has 4 rings (SSSR count). The standard InChI is InChI=1S/C26H44O4/c1-5-17-21-14-16(27)10-12-26(21,4)20-11-13-25(3)18(15(2)6-9-22(28)29)7-8-19(25)23(20)24(17)30/h15-21,23-24,27,30H,5-14H2,1-4H3,(H,28,29)/t15-,16-,17-,18-,19+,20+,21+,23+,24-,25?,26?/m1/s1. The summed E-state index contributed by atoms with van der Waals surface area (Å²) in [4.78, 5) is 11.1. The van der Waals surface area contributed by atoms with Gasteiger partial charge in [0, 0.05) is 6.42 Å². The van der Waals surface area contributed by atoms with Crippen LogP contribution < -0.4 is 0 Å². The minimum Gasteiger partial charge on any atom is -0.481 e. The molecule has 3 N–H and O–H groups in total. The lowest BCUT2D eigenvalue weighted by Crippen LogP contribution is -2.62. The van der Waals surface area contributed by atoms with Gasteiger partial charge in [-0.25, -0.2) is 0 Å². The maximum absolute atomic E-state index is 11.7. The molecule has 0 aliphatic heterocycles. The fourth-order valence-electron chi connectivity index (χ4n) is 9.48. The number of carboxylic acids is 1. The number of hydrogen-bond donors (Lipinski definition) is 3. The number of fused-ring (bicyclic) bond motifs is 5. The van der Waals surface area contributed by atoms with Gasteiger partial charge in [-0.15, -0.1) is 0 Å². The van der Waals surface area contributed by atoms with Gasteiger partial charge in [0.1, 0.15) is 0 Å². The zero-order valence-electron chi connectivity index (χ0n) is 19.5. The molecule has 0 aromatic carbocycles. The molecule has 4 nitrogen and oxygen atoms in total. The summed E-state index contributed by atoms with van der Waals surface area (Å²) in [6.07, 6.45) is 9.27. The Morgan fingerprint density at radius 3 is 2.33 bits per heavy atom. The molecule has 4 saturated carbocycles. The van der Waals surface area contributed by atoms with Crippen LogP contribution in [0.4, 0.5) is 0 Å². The van der Waals surface area contributed by atoms with Crippen LogP contribution in [-0.4, -0.2) is 33.5 Å². The van der Waals surface area contributed by atoms with Crippen molar-refractivity contribution in [2.45, 2.75) is 104 Å². The smallest absolute Gasteiger partial charge is 0.303 e. The van der Waals surface area contributed by atoms with E-state index in [9.17, 15) is 15.0 Å². The van der Waals surface area contributed by atoms with Crippen molar-refractivity contribution in [3.05, 3.63) is 0 Å². The predicted octanol–water partition coefficient (Wildman–Crippen LogP) is 5.11. The molecule has 30 heavy (non-hydrogen) atoms. The fourth-order valence-corrected chi connectivity index (χ4v) is 9.48. The van der Waals surface area contributed by atoms with Crippen molar-refractivity contribution in [3.8, 4) is 0 Å². The molecule has 0 spiro atoms. The molecule has 4 fully saturated rings. The first-order valence-electron chi connectivity index (χ1n) is 12.7. The second-order valence-electron chi connectivity index (χ2n) is 12.0. The first-order valence-corrected chi connectivity index (χ1v) is 12.7. The van der Waals surface area contributed by atoms with Crippen LogP contribution in [0.15, 0.2) is 0 Å². The van der Waals surface area contributed by atoms with Crippen LogP contribution in [0.1, 0.15) is 91.9 Å². The quantitative estimate of drug-likeness (QED) is 0.577. The van der Waals surface area contributed by atoms with E-state index >= 15 is 0 Å². The van der Waals surface area contributed by atoms with Gasteiger partial charge in [0.05, 0.1) is 12.2 Å². The molecule has 0 aromatic heterocycles. The van der Waals surface area contributed by atoms with Gasteiger partial charge < -0.3 is 15.3 Å². The third-order valence-electron chi connectivity index (χ3n) is 11.0. The van der Waals surface area contributed by atoms with Crippen molar-refractivity contribution in [1.82, 2.24) is 0 Å². The first-order chi connectivity index (χ1) is 14.1. The van der Waals surface area contributed by atoms with Crippen molar-refractivity contribution < 1.29 is 20.1 Å². The molecular formula is C26H44O4. The molecule has 4 aliphatic carbocycles. The maximum atomic E-state index is 11.7. The second kappa shape index (κ2) is 8.06. The Labute approximate surface area is 182 Å². The number of aliphatic hydroxyl groups is 2. The SMILES string of the molecule is CC[C@H]1[C@@H](O)[C@H]2[C@@H]3CC[C@H]([C@H](C)CCC(=O)O)C3(C)CC[C@@H]2C2(C)CC[C@@H](O)C[C@@H]12. The Bertz CT molecular complexity index is 649. The van der Waals surface area contributed by atoms with E-state index in [0.29, 0.717) is 41.4 Å². The molecule has 0 radical (unpaired) electrons. The minimum atomic E-state index is -0.683. The number of aliphatic hydroxyl groups excluding tert-OH is 2. The van der Waals surface area contributed by atoms with Gasteiger partial charge in [0.2, 0.25) is 0 Å². The average Bonchev–Trinajstić information content (AvgIpc) is 3.05. The number of aliphatic carboxylic acids is 1. The van der Waals surface area contributed by atoms with Gasteiger partial charge in [-0.05, 0) is 104 Å². The molecule has 11 atom stereocenters. The second-order valence-corrected chi connectivity index (χ2v) is 12.0. The van der Waals surface area contributed by atoms with E-state index in [1.807, 2.05) is 0 Å². The van der Waals surface area contributed by atoms with Crippen LogP contribution in [0, 0.1) is 52.3 Å². The zero-order valence-corrected chi connectivity index (χ0v) is 19.5. The van der Waals surface area contributed by atoms with Gasteiger partial charge in [-0.1, -0.05) is 34.1 Å². The van der Waals surface area contributed by atoms with Crippen molar-refractivity contribution in [2.24, 2.45) is 52.3 Å². The molecule has 0 bridgehead atoms. The Hall–Kier alpha value is -0.610. The van der Waals surface area contributed by atoms with Gasteiger partial charge in [-0.3, -0.25) is 4.79 Å². The largest absolute Gasteiger partial charge is 0.481 e. The summed E-state index contributed by atoms with van der Waals surface area (Å²) < 4.78 is 0. The van der Waals surface area contributed by atoms with Gasteiger partial charge in [0.25, 0.3) is 0 Å². The lowest BCUT2D eigenvalue weighted by molar-refractivity contribution is -0.203. The molecule has 4 heteroatoms. The molecule has 0 saturated heterocycles. The summed E-state index contributed by atoms with van der Waals surface area (Å²) >= 11 is 0. The summed E-state index contributed by atoms with van der Waals surface area (Å²) in [6, 6.07) is 0. The van der Waals surface area contributed by atoms with E-state index in [2.05, 4.69) is 27.7 Å². The van der Waals surface area contributed by atoms with Crippen LogP contribution in [0.2, 0.25) is 0 Å². The molecule has 0 aromatic rings. The predicted molar refractivity (Wildman–Crippen MR) is 118 cm³/mol. The van der Waals surface area contributed by atoms with E-state index in [4.69, 9.17) is 5.11 Å². The third kappa shape index (κ3) is 3.36. The average molecular weight is 421 g/mol. The highest BCUT2D eigenvalue weighted by Crippen LogP contribution is 2.69. The third-order valence-corrected chi connectivity index (χ3v) is 11.0. The van der Waals surface area contributed by atoms with Gasteiger partial charge in [0.15, 0.2) is 0 Å². The molecule has 0 heterocycles. The Morgan fingerprint density at radius 1 is 1.00 bits per heavy atom. The van der Waals surface area contributed by atoms with E-state index in [-0.39, 0.29) is 29.5 Å². The Balaban J connectivity index is 1.61. The zero-order chi connectivity index (χ0) is 21.8. The van der Waals surface area contributed by atoms with Crippen LogP contribution in [0.3, 0.4) is 0 Å². The summed E-state index contributed by atoms with van der Waals surface area (Å²) in [7, 11) is 0. The van der Waals surface area contributed by atoms with Crippen LogP contribution >= 0.6 is 0 Å². The Kier molecular flexibility index (Phi) is 6.07. The maximum Gasteiger partial charge on any atom is 0.303 e. The summed E-state index contributed by atoms with van der Waals surface area (Å²) in [6.45, 7) is 9.44. The number of carboxylic acid groups (broad SMARTS) is 1. The number of hydrogen-bond acceptors (Lipinski definition) is 3. The van der Waals surface area contributed by atoms with Crippen molar-refractivity contribution in [1.29, 1.82) is 0 Å². The van der Waals surface area contributed by atoms with Crippen LogP contribution in [-0.2, 0) is 4.79 Å². The molecule has 4 aliphatic rings. The van der Waals surface area contributed by atoms with Crippen molar-refractivity contribution in [3.63, 3.8) is 0 Å². The summed E-state index contributed by atoms with van der Waals surface area (Å²) in [5.74, 6) is 2.58.